The van der Waals surface area contributed by atoms with Gasteiger partial charge < -0.3 is 9.47 Å². The molecule has 20 heavy (non-hydrogen) atoms. The fourth-order valence-electron chi connectivity index (χ4n) is 3.26. The Bertz CT molecular complexity index is 449. The van der Waals surface area contributed by atoms with E-state index in [-0.39, 0.29) is 18.2 Å². The first kappa shape index (κ1) is 15.0. The van der Waals surface area contributed by atoms with E-state index in [1.54, 1.807) is 0 Å². The number of methoxy groups -OCH3 is 1. The van der Waals surface area contributed by atoms with Crippen LogP contribution in [0.15, 0.2) is 0 Å². The number of carbonyl (C=O) groups excluding carboxylic acids is 3. The topological polar surface area (TPSA) is 69.7 Å². The van der Waals surface area contributed by atoms with Crippen molar-refractivity contribution in [1.29, 1.82) is 0 Å². The third-order valence-corrected chi connectivity index (χ3v) is 4.50. The first-order valence-electron chi connectivity index (χ1n) is 7.00. The summed E-state index contributed by atoms with van der Waals surface area (Å²) in [6, 6.07) is 0. The third kappa shape index (κ3) is 2.23. The molecule has 0 saturated heterocycles. The largest absolute Gasteiger partial charge is 0.468 e. The summed E-state index contributed by atoms with van der Waals surface area (Å²) in [6.45, 7) is 5.44. The molecule has 0 unspecified atom stereocenters. The molecule has 0 aromatic carbocycles. The number of carbonyl (C=O) groups is 3. The van der Waals surface area contributed by atoms with Gasteiger partial charge in [-0.1, -0.05) is 0 Å². The lowest BCUT2D eigenvalue weighted by molar-refractivity contribution is -0.186. The maximum Gasteiger partial charge on any atom is 0.319 e. The van der Waals surface area contributed by atoms with Crippen molar-refractivity contribution in [3.05, 3.63) is 0 Å². The van der Waals surface area contributed by atoms with E-state index in [1.807, 2.05) is 20.8 Å². The number of hydrogen-bond donors (Lipinski definition) is 0. The molecule has 2 bridgehead atoms. The van der Waals surface area contributed by atoms with Gasteiger partial charge in [-0.2, -0.15) is 0 Å². The molecule has 0 heterocycles. The number of Topliss-reactive ketones (excluding diaryl/α,β-unsaturated/α-hetero) is 1. The quantitative estimate of drug-likeness (QED) is 0.572. The second kappa shape index (κ2) is 4.57. The lowest BCUT2D eigenvalue weighted by Crippen LogP contribution is -2.56. The molecule has 0 aromatic heterocycles. The van der Waals surface area contributed by atoms with Crippen LogP contribution in [0.25, 0.3) is 0 Å². The molecule has 5 nitrogen and oxygen atoms in total. The number of rotatable bonds is 2. The summed E-state index contributed by atoms with van der Waals surface area (Å²) in [5.41, 5.74) is -2.32. The van der Waals surface area contributed by atoms with Gasteiger partial charge in [0, 0.05) is 6.42 Å². The monoisotopic (exact) mass is 282 g/mol. The first-order valence-corrected chi connectivity index (χ1v) is 7.00. The first-order chi connectivity index (χ1) is 9.15. The van der Waals surface area contributed by atoms with E-state index in [0.29, 0.717) is 25.7 Å². The number of ketones is 1. The standard InChI is InChI=1S/C15H22O5/c1-13(2,3)20-11(17)14-5-7-15(8-6-14,10(16)9-14)12(18)19-4/h5-9H2,1-4H3. The van der Waals surface area contributed by atoms with Crippen molar-refractivity contribution >= 4 is 17.7 Å². The van der Waals surface area contributed by atoms with Crippen molar-refractivity contribution in [1.82, 2.24) is 0 Å². The van der Waals surface area contributed by atoms with Crippen LogP contribution in [0.5, 0.6) is 0 Å². The van der Waals surface area contributed by atoms with E-state index < -0.39 is 22.4 Å². The molecule has 112 valence electrons. The summed E-state index contributed by atoms with van der Waals surface area (Å²) < 4.78 is 10.2. The van der Waals surface area contributed by atoms with Gasteiger partial charge in [0.05, 0.1) is 12.5 Å². The molecule has 0 amide bonds. The van der Waals surface area contributed by atoms with E-state index in [2.05, 4.69) is 0 Å². The van der Waals surface area contributed by atoms with Crippen LogP contribution in [0.4, 0.5) is 0 Å². The minimum absolute atomic E-state index is 0.0943. The third-order valence-electron chi connectivity index (χ3n) is 4.50. The SMILES string of the molecule is COC(=O)C12CCC(C(=O)OC(C)(C)C)(CC1)CC2=O. The Morgan fingerprint density at radius 2 is 1.60 bits per heavy atom. The summed E-state index contributed by atoms with van der Waals surface area (Å²) in [4.78, 5) is 36.6. The van der Waals surface area contributed by atoms with Gasteiger partial charge in [-0.05, 0) is 46.5 Å². The minimum Gasteiger partial charge on any atom is -0.468 e. The van der Waals surface area contributed by atoms with Crippen LogP contribution in [-0.2, 0) is 23.9 Å². The normalized spacial score (nSPS) is 32.9. The van der Waals surface area contributed by atoms with Crippen molar-refractivity contribution in [2.75, 3.05) is 7.11 Å². The molecule has 0 radical (unpaired) electrons. The van der Waals surface area contributed by atoms with E-state index >= 15 is 0 Å². The minimum atomic E-state index is -1.02. The zero-order valence-corrected chi connectivity index (χ0v) is 12.6. The summed E-state index contributed by atoms with van der Waals surface area (Å²) in [6.07, 6.45) is 1.90. The van der Waals surface area contributed by atoms with Gasteiger partial charge in [0.25, 0.3) is 0 Å². The lowest BCUT2D eigenvalue weighted by Gasteiger charge is -2.49. The molecule has 3 aliphatic carbocycles. The van der Waals surface area contributed by atoms with Crippen molar-refractivity contribution in [2.24, 2.45) is 10.8 Å². The molecular weight excluding hydrogens is 260 g/mol. The molecular formula is C15H22O5. The highest BCUT2D eigenvalue weighted by Crippen LogP contribution is 2.56. The molecule has 5 heteroatoms. The summed E-state index contributed by atoms with van der Waals surface area (Å²) in [5, 5.41) is 0. The molecule has 0 atom stereocenters. The number of esters is 2. The van der Waals surface area contributed by atoms with Crippen molar-refractivity contribution in [2.45, 2.75) is 58.5 Å². The van der Waals surface area contributed by atoms with Crippen LogP contribution in [0.2, 0.25) is 0 Å². The fraction of sp³-hybridized carbons (Fsp3) is 0.800. The predicted molar refractivity (Wildman–Crippen MR) is 70.8 cm³/mol. The van der Waals surface area contributed by atoms with Gasteiger partial charge in [0.2, 0.25) is 0 Å². The predicted octanol–water partition coefficient (Wildman–Crippen LogP) is 2.02. The second-order valence-corrected chi connectivity index (χ2v) is 6.96. The van der Waals surface area contributed by atoms with E-state index in [4.69, 9.17) is 9.47 Å². The van der Waals surface area contributed by atoms with Crippen LogP contribution < -0.4 is 0 Å². The smallest absolute Gasteiger partial charge is 0.319 e. The fourth-order valence-corrected chi connectivity index (χ4v) is 3.26. The highest BCUT2D eigenvalue weighted by molar-refractivity contribution is 6.07. The Morgan fingerprint density at radius 1 is 1.05 bits per heavy atom. The van der Waals surface area contributed by atoms with Crippen LogP contribution >= 0.6 is 0 Å². The van der Waals surface area contributed by atoms with Crippen molar-refractivity contribution in [3.63, 3.8) is 0 Å². The van der Waals surface area contributed by atoms with Crippen LogP contribution in [-0.4, -0.2) is 30.4 Å². The second-order valence-electron chi connectivity index (χ2n) is 6.96. The van der Waals surface area contributed by atoms with Gasteiger partial charge in [-0.25, -0.2) is 0 Å². The zero-order chi connectivity index (χ0) is 15.2. The molecule has 3 saturated carbocycles. The summed E-state index contributed by atoms with van der Waals surface area (Å²) in [7, 11) is 1.30. The van der Waals surface area contributed by atoms with Gasteiger partial charge in [0.15, 0.2) is 5.78 Å². The molecule has 3 rings (SSSR count). The van der Waals surface area contributed by atoms with Crippen molar-refractivity contribution < 1.29 is 23.9 Å². The Balaban J connectivity index is 2.20. The van der Waals surface area contributed by atoms with E-state index in [9.17, 15) is 14.4 Å². The maximum atomic E-state index is 12.4. The van der Waals surface area contributed by atoms with Crippen LogP contribution in [0.1, 0.15) is 52.9 Å². The molecule has 0 spiro atoms. The number of fused-ring (bicyclic) bond motifs is 3. The molecule has 0 aliphatic heterocycles. The Kier molecular flexibility index (Phi) is 3.43. The molecule has 0 N–H and O–H groups in total. The van der Waals surface area contributed by atoms with E-state index in [1.165, 1.54) is 7.11 Å². The van der Waals surface area contributed by atoms with Gasteiger partial charge in [0.1, 0.15) is 11.0 Å². The zero-order valence-electron chi connectivity index (χ0n) is 12.6. The van der Waals surface area contributed by atoms with Gasteiger partial charge in [-0.15, -0.1) is 0 Å². The van der Waals surface area contributed by atoms with Gasteiger partial charge >= 0.3 is 11.9 Å². The maximum absolute atomic E-state index is 12.4. The van der Waals surface area contributed by atoms with Gasteiger partial charge in [-0.3, -0.25) is 14.4 Å². The Morgan fingerprint density at radius 3 is 2.00 bits per heavy atom. The number of hydrogen-bond acceptors (Lipinski definition) is 5. The average molecular weight is 282 g/mol. The van der Waals surface area contributed by atoms with E-state index in [0.717, 1.165) is 0 Å². The summed E-state index contributed by atoms with van der Waals surface area (Å²) >= 11 is 0. The Hall–Kier alpha value is -1.39. The Labute approximate surface area is 119 Å². The lowest BCUT2D eigenvalue weighted by atomic mass is 9.53. The van der Waals surface area contributed by atoms with Crippen LogP contribution in [0, 0.1) is 10.8 Å². The molecule has 3 fully saturated rings. The highest BCUT2D eigenvalue weighted by Gasteiger charge is 2.62. The average Bonchev–Trinajstić information content (AvgIpc) is 2.37. The van der Waals surface area contributed by atoms with Crippen molar-refractivity contribution in [3.8, 4) is 0 Å². The van der Waals surface area contributed by atoms with Crippen LogP contribution in [0.3, 0.4) is 0 Å². The molecule has 3 aliphatic rings. The molecule has 0 aromatic rings. The number of ether oxygens (including phenoxy) is 2. The summed E-state index contributed by atoms with van der Waals surface area (Å²) in [5.74, 6) is -0.941. The highest BCUT2D eigenvalue weighted by atomic mass is 16.6.